The van der Waals surface area contributed by atoms with Gasteiger partial charge in [-0.15, -0.1) is 0 Å². The molecule has 2 amide bonds. The van der Waals surface area contributed by atoms with Crippen LogP contribution in [-0.4, -0.2) is 11.8 Å². The highest BCUT2D eigenvalue weighted by Crippen LogP contribution is 2.38. The van der Waals surface area contributed by atoms with Crippen LogP contribution in [0.4, 0.5) is 11.4 Å². The molecule has 1 aromatic carbocycles. The molecule has 0 spiro atoms. The van der Waals surface area contributed by atoms with Crippen molar-refractivity contribution in [2.24, 2.45) is 0 Å². The van der Waals surface area contributed by atoms with Crippen LogP contribution in [0.15, 0.2) is 18.2 Å². The van der Waals surface area contributed by atoms with E-state index in [1.807, 2.05) is 39.0 Å². The second-order valence-electron chi connectivity index (χ2n) is 5.14. The van der Waals surface area contributed by atoms with Gasteiger partial charge in [-0.1, -0.05) is 6.92 Å². The number of carbonyl (C=O) groups is 2. The van der Waals surface area contributed by atoms with Crippen molar-refractivity contribution in [1.29, 1.82) is 0 Å². The van der Waals surface area contributed by atoms with Gasteiger partial charge in [0, 0.05) is 17.8 Å². The second kappa shape index (κ2) is 4.44. The summed E-state index contributed by atoms with van der Waals surface area (Å²) in [6.07, 6.45) is 1.33. The number of hydrogen-bond donors (Lipinski definition) is 2. The van der Waals surface area contributed by atoms with E-state index in [1.54, 1.807) is 0 Å². The minimum absolute atomic E-state index is 0.00506. The van der Waals surface area contributed by atoms with Crippen LogP contribution < -0.4 is 10.6 Å². The van der Waals surface area contributed by atoms with E-state index < -0.39 is 5.41 Å². The van der Waals surface area contributed by atoms with Crippen LogP contribution in [0.2, 0.25) is 0 Å². The van der Waals surface area contributed by atoms with Gasteiger partial charge in [0.15, 0.2) is 0 Å². The first-order valence-electron chi connectivity index (χ1n) is 6.21. The van der Waals surface area contributed by atoms with Gasteiger partial charge in [-0.3, -0.25) is 9.59 Å². The molecule has 0 atom stereocenters. The molecule has 2 rings (SSSR count). The van der Waals surface area contributed by atoms with E-state index in [1.165, 1.54) is 0 Å². The van der Waals surface area contributed by atoms with Gasteiger partial charge < -0.3 is 10.6 Å². The molecular weight excluding hydrogens is 228 g/mol. The molecule has 0 fully saturated rings. The van der Waals surface area contributed by atoms with Crippen LogP contribution in [-0.2, 0) is 15.0 Å². The highest BCUT2D eigenvalue weighted by molar-refractivity contribution is 6.06. The molecule has 18 heavy (non-hydrogen) atoms. The van der Waals surface area contributed by atoms with Crippen LogP contribution in [0.25, 0.3) is 0 Å². The zero-order chi connectivity index (χ0) is 13.3. The standard InChI is InChI=1S/C14H18N2O2/c1-4-5-12(17)15-9-6-7-11-10(8-9)14(2,3)13(18)16-11/h6-8H,4-5H2,1-3H3,(H,15,17)(H,16,18). The third kappa shape index (κ3) is 2.10. The van der Waals surface area contributed by atoms with E-state index in [0.717, 1.165) is 23.4 Å². The molecule has 0 aliphatic carbocycles. The Hall–Kier alpha value is -1.84. The summed E-state index contributed by atoms with van der Waals surface area (Å²) in [5, 5.41) is 5.69. The summed E-state index contributed by atoms with van der Waals surface area (Å²) < 4.78 is 0. The van der Waals surface area contributed by atoms with Gasteiger partial charge in [0.2, 0.25) is 11.8 Å². The Bertz CT molecular complexity index is 507. The van der Waals surface area contributed by atoms with Crippen molar-refractivity contribution in [3.8, 4) is 0 Å². The summed E-state index contributed by atoms with van der Waals surface area (Å²) in [5.74, 6) is 0.00192. The van der Waals surface area contributed by atoms with Crippen molar-refractivity contribution in [3.05, 3.63) is 23.8 Å². The number of carbonyl (C=O) groups excluding carboxylic acids is 2. The van der Waals surface area contributed by atoms with Gasteiger partial charge in [0.25, 0.3) is 0 Å². The number of hydrogen-bond acceptors (Lipinski definition) is 2. The quantitative estimate of drug-likeness (QED) is 0.861. The maximum absolute atomic E-state index is 11.8. The number of benzene rings is 1. The minimum atomic E-state index is -0.541. The second-order valence-corrected chi connectivity index (χ2v) is 5.14. The van der Waals surface area contributed by atoms with Gasteiger partial charge in [-0.25, -0.2) is 0 Å². The van der Waals surface area contributed by atoms with E-state index >= 15 is 0 Å². The Morgan fingerprint density at radius 2 is 2.11 bits per heavy atom. The van der Waals surface area contributed by atoms with Crippen LogP contribution >= 0.6 is 0 Å². The van der Waals surface area contributed by atoms with Crippen molar-refractivity contribution in [1.82, 2.24) is 0 Å². The van der Waals surface area contributed by atoms with Crippen molar-refractivity contribution < 1.29 is 9.59 Å². The van der Waals surface area contributed by atoms with Crippen molar-refractivity contribution in [3.63, 3.8) is 0 Å². The van der Waals surface area contributed by atoms with Crippen molar-refractivity contribution in [2.75, 3.05) is 10.6 Å². The molecule has 0 bridgehead atoms. The number of rotatable bonds is 3. The predicted molar refractivity (Wildman–Crippen MR) is 71.6 cm³/mol. The summed E-state index contributed by atoms with van der Waals surface area (Å²) in [6.45, 7) is 5.73. The fourth-order valence-electron chi connectivity index (χ4n) is 2.10. The Kier molecular flexibility index (Phi) is 3.11. The fraction of sp³-hybridized carbons (Fsp3) is 0.429. The maximum Gasteiger partial charge on any atom is 0.234 e. The van der Waals surface area contributed by atoms with Gasteiger partial charge in [0.05, 0.1) is 5.41 Å². The Balaban J connectivity index is 2.26. The third-order valence-electron chi connectivity index (χ3n) is 3.27. The molecule has 1 heterocycles. The molecule has 0 saturated carbocycles. The first-order chi connectivity index (χ1) is 8.45. The lowest BCUT2D eigenvalue weighted by atomic mass is 9.86. The van der Waals surface area contributed by atoms with E-state index in [-0.39, 0.29) is 11.8 Å². The van der Waals surface area contributed by atoms with E-state index in [2.05, 4.69) is 10.6 Å². The molecule has 0 aromatic heterocycles. The van der Waals surface area contributed by atoms with E-state index in [4.69, 9.17) is 0 Å². The van der Waals surface area contributed by atoms with Gasteiger partial charge in [-0.2, -0.15) is 0 Å². The SMILES string of the molecule is CCCC(=O)Nc1ccc2c(c1)C(C)(C)C(=O)N2. The Labute approximate surface area is 107 Å². The lowest BCUT2D eigenvalue weighted by molar-refractivity contribution is -0.119. The molecule has 4 nitrogen and oxygen atoms in total. The highest BCUT2D eigenvalue weighted by Gasteiger charge is 2.38. The normalized spacial score (nSPS) is 16.1. The zero-order valence-corrected chi connectivity index (χ0v) is 11.0. The molecular formula is C14H18N2O2. The van der Waals surface area contributed by atoms with Crippen LogP contribution in [0.5, 0.6) is 0 Å². The van der Waals surface area contributed by atoms with E-state index in [9.17, 15) is 9.59 Å². The molecule has 1 aliphatic heterocycles. The Morgan fingerprint density at radius 3 is 2.78 bits per heavy atom. The molecule has 2 N–H and O–H groups in total. The van der Waals surface area contributed by atoms with E-state index in [0.29, 0.717) is 6.42 Å². The van der Waals surface area contributed by atoms with Crippen LogP contribution in [0.3, 0.4) is 0 Å². The van der Waals surface area contributed by atoms with Gasteiger partial charge in [0.1, 0.15) is 0 Å². The summed E-state index contributed by atoms with van der Waals surface area (Å²) in [7, 11) is 0. The molecule has 0 unspecified atom stereocenters. The van der Waals surface area contributed by atoms with Crippen LogP contribution in [0, 0.1) is 0 Å². The Morgan fingerprint density at radius 1 is 1.39 bits per heavy atom. The summed E-state index contributed by atoms with van der Waals surface area (Å²) in [5.41, 5.74) is 1.97. The first-order valence-corrected chi connectivity index (χ1v) is 6.21. The maximum atomic E-state index is 11.8. The smallest absolute Gasteiger partial charge is 0.234 e. The number of fused-ring (bicyclic) bond motifs is 1. The average molecular weight is 246 g/mol. The monoisotopic (exact) mass is 246 g/mol. The molecule has 96 valence electrons. The number of amides is 2. The molecule has 0 radical (unpaired) electrons. The number of anilines is 2. The summed E-state index contributed by atoms with van der Waals surface area (Å²) in [6, 6.07) is 5.53. The van der Waals surface area contributed by atoms with Crippen molar-refractivity contribution >= 4 is 23.2 Å². The zero-order valence-electron chi connectivity index (χ0n) is 11.0. The third-order valence-corrected chi connectivity index (χ3v) is 3.27. The molecule has 1 aliphatic rings. The summed E-state index contributed by atoms with van der Waals surface area (Å²) >= 11 is 0. The van der Waals surface area contributed by atoms with Gasteiger partial charge in [-0.05, 0) is 44.0 Å². The lowest BCUT2D eigenvalue weighted by Crippen LogP contribution is -2.26. The topological polar surface area (TPSA) is 58.2 Å². The summed E-state index contributed by atoms with van der Waals surface area (Å²) in [4.78, 5) is 23.3. The van der Waals surface area contributed by atoms with Gasteiger partial charge >= 0.3 is 0 Å². The lowest BCUT2D eigenvalue weighted by Gasteiger charge is -2.16. The largest absolute Gasteiger partial charge is 0.326 e. The minimum Gasteiger partial charge on any atom is -0.326 e. The first kappa shape index (κ1) is 12.6. The molecule has 1 aromatic rings. The molecule has 4 heteroatoms. The van der Waals surface area contributed by atoms with Crippen molar-refractivity contribution in [2.45, 2.75) is 39.0 Å². The average Bonchev–Trinajstić information content (AvgIpc) is 2.51. The highest BCUT2D eigenvalue weighted by atomic mass is 16.2. The predicted octanol–water partition coefficient (Wildman–Crippen LogP) is 2.65. The molecule has 0 saturated heterocycles. The number of nitrogens with one attached hydrogen (secondary N) is 2. The van der Waals surface area contributed by atoms with Crippen LogP contribution in [0.1, 0.15) is 39.2 Å². The fourth-order valence-corrected chi connectivity index (χ4v) is 2.10.